The number of carbonyl (C=O) groups excluding carboxylic acids is 1. The maximum atomic E-state index is 12.6. The minimum atomic E-state index is -0.168. The van der Waals surface area contributed by atoms with Crippen LogP contribution in [0.25, 0.3) is 10.2 Å². The third-order valence-corrected chi connectivity index (χ3v) is 7.30. The van der Waals surface area contributed by atoms with E-state index in [1.165, 1.54) is 28.6 Å². The van der Waals surface area contributed by atoms with Gasteiger partial charge < -0.3 is 15.0 Å². The van der Waals surface area contributed by atoms with Crippen molar-refractivity contribution in [2.75, 3.05) is 17.7 Å². The van der Waals surface area contributed by atoms with E-state index in [1.807, 2.05) is 6.92 Å². The number of ether oxygens (including phenoxy) is 1. The minimum Gasteiger partial charge on any atom is -0.490 e. The molecule has 0 unspecified atom stereocenters. The molecular formula is C21H22ClN3O3S2. The smallest absolute Gasteiger partial charge is 0.259 e. The summed E-state index contributed by atoms with van der Waals surface area (Å²) in [5.41, 5.74) is 1.66. The van der Waals surface area contributed by atoms with Crippen LogP contribution in [0.15, 0.2) is 23.0 Å². The third kappa shape index (κ3) is 4.50. The number of H-pyrrole nitrogens is 1. The molecule has 0 atom stereocenters. The maximum absolute atomic E-state index is 12.6. The zero-order chi connectivity index (χ0) is 21.1. The molecule has 6 nitrogen and oxygen atoms in total. The molecule has 0 spiro atoms. The number of aryl methyl sites for hydroxylation is 2. The molecule has 4 rings (SSSR count). The molecule has 9 heteroatoms. The number of aromatic nitrogens is 2. The van der Waals surface area contributed by atoms with Gasteiger partial charge in [0.25, 0.3) is 5.56 Å². The number of thiophene rings is 1. The number of hydrogen-bond donors (Lipinski definition) is 2. The highest BCUT2D eigenvalue weighted by molar-refractivity contribution is 7.99. The molecular weight excluding hydrogens is 442 g/mol. The van der Waals surface area contributed by atoms with Crippen molar-refractivity contribution in [3.63, 3.8) is 0 Å². The molecule has 1 aromatic carbocycles. The predicted octanol–water partition coefficient (Wildman–Crippen LogP) is 4.79. The lowest BCUT2D eigenvalue weighted by Crippen LogP contribution is -2.16. The number of rotatable bonds is 7. The third-order valence-electron chi connectivity index (χ3n) is 4.88. The van der Waals surface area contributed by atoms with Crippen LogP contribution in [0.2, 0.25) is 5.02 Å². The van der Waals surface area contributed by atoms with Crippen LogP contribution in [0.4, 0.5) is 5.69 Å². The second-order valence-electron chi connectivity index (χ2n) is 6.99. The van der Waals surface area contributed by atoms with Gasteiger partial charge in [0, 0.05) is 4.88 Å². The van der Waals surface area contributed by atoms with E-state index < -0.39 is 0 Å². The monoisotopic (exact) mass is 463 g/mol. The van der Waals surface area contributed by atoms with E-state index in [9.17, 15) is 9.59 Å². The molecule has 0 aliphatic heterocycles. The van der Waals surface area contributed by atoms with Gasteiger partial charge in [0.1, 0.15) is 10.7 Å². The highest BCUT2D eigenvalue weighted by Crippen LogP contribution is 2.34. The van der Waals surface area contributed by atoms with Crippen molar-refractivity contribution in [2.24, 2.45) is 0 Å². The van der Waals surface area contributed by atoms with Crippen molar-refractivity contribution < 1.29 is 9.53 Å². The Morgan fingerprint density at radius 1 is 1.37 bits per heavy atom. The number of aromatic amines is 1. The molecule has 2 N–H and O–H groups in total. The summed E-state index contributed by atoms with van der Waals surface area (Å²) in [4.78, 5) is 34.6. The normalized spacial score (nSPS) is 13.3. The van der Waals surface area contributed by atoms with Gasteiger partial charge in [0.2, 0.25) is 5.91 Å². The van der Waals surface area contributed by atoms with Gasteiger partial charge >= 0.3 is 0 Å². The SMILES string of the molecule is CCOc1c(Cl)cccc1NC(=O)CSCc1nc2sc3c(c2c(=O)[nH]1)CCCC3. The zero-order valence-electron chi connectivity index (χ0n) is 16.5. The molecule has 1 aliphatic rings. The van der Waals surface area contributed by atoms with Crippen molar-refractivity contribution in [2.45, 2.75) is 38.4 Å². The van der Waals surface area contributed by atoms with Crippen LogP contribution in [0.1, 0.15) is 36.0 Å². The van der Waals surface area contributed by atoms with Gasteiger partial charge in [-0.3, -0.25) is 9.59 Å². The second-order valence-corrected chi connectivity index (χ2v) is 9.47. The lowest BCUT2D eigenvalue weighted by atomic mass is 9.97. The van der Waals surface area contributed by atoms with Crippen molar-refractivity contribution in [1.29, 1.82) is 0 Å². The van der Waals surface area contributed by atoms with Gasteiger partial charge in [-0.25, -0.2) is 4.98 Å². The number of anilines is 1. The molecule has 158 valence electrons. The molecule has 0 saturated heterocycles. The highest BCUT2D eigenvalue weighted by Gasteiger charge is 2.20. The first-order valence-corrected chi connectivity index (χ1v) is 12.2. The summed E-state index contributed by atoms with van der Waals surface area (Å²) in [7, 11) is 0. The Morgan fingerprint density at radius 2 is 2.20 bits per heavy atom. The number of para-hydroxylation sites is 1. The Bertz CT molecular complexity index is 1140. The van der Waals surface area contributed by atoms with Gasteiger partial charge in [-0.05, 0) is 50.3 Å². The van der Waals surface area contributed by atoms with E-state index in [0.29, 0.717) is 34.6 Å². The predicted molar refractivity (Wildman–Crippen MR) is 124 cm³/mol. The Labute approximate surface area is 187 Å². The Balaban J connectivity index is 1.40. The van der Waals surface area contributed by atoms with E-state index in [2.05, 4.69) is 15.3 Å². The van der Waals surface area contributed by atoms with Gasteiger partial charge in [0.15, 0.2) is 5.75 Å². The number of nitrogens with zero attached hydrogens (tertiary/aromatic N) is 1. The van der Waals surface area contributed by atoms with Crippen LogP contribution in [0.3, 0.4) is 0 Å². The molecule has 30 heavy (non-hydrogen) atoms. The number of halogens is 1. The molecule has 0 bridgehead atoms. The van der Waals surface area contributed by atoms with Crippen molar-refractivity contribution in [1.82, 2.24) is 9.97 Å². The van der Waals surface area contributed by atoms with Crippen molar-refractivity contribution >= 4 is 56.5 Å². The lowest BCUT2D eigenvalue weighted by Gasteiger charge is -2.12. The van der Waals surface area contributed by atoms with Gasteiger partial charge in [-0.2, -0.15) is 0 Å². The number of carbonyl (C=O) groups is 1. The fraction of sp³-hybridized carbons (Fsp3) is 0.381. The fourth-order valence-corrected chi connectivity index (χ4v) is 5.80. The molecule has 2 heterocycles. The number of benzene rings is 1. The number of nitrogens with one attached hydrogen (secondary N) is 2. The molecule has 0 fully saturated rings. The quantitative estimate of drug-likeness (QED) is 0.526. The maximum Gasteiger partial charge on any atom is 0.259 e. The Kier molecular flexibility index (Phi) is 6.65. The number of thioether (sulfide) groups is 1. The summed E-state index contributed by atoms with van der Waals surface area (Å²) < 4.78 is 5.53. The Morgan fingerprint density at radius 3 is 3.03 bits per heavy atom. The van der Waals surface area contributed by atoms with E-state index in [0.717, 1.165) is 29.5 Å². The van der Waals surface area contributed by atoms with Crippen LogP contribution in [-0.4, -0.2) is 28.2 Å². The lowest BCUT2D eigenvalue weighted by molar-refractivity contribution is -0.113. The zero-order valence-corrected chi connectivity index (χ0v) is 18.9. The molecule has 1 aliphatic carbocycles. The van der Waals surface area contributed by atoms with Gasteiger partial charge in [-0.1, -0.05) is 17.7 Å². The van der Waals surface area contributed by atoms with Crippen LogP contribution >= 0.6 is 34.7 Å². The van der Waals surface area contributed by atoms with Crippen molar-refractivity contribution in [3.8, 4) is 5.75 Å². The van der Waals surface area contributed by atoms with E-state index in [4.69, 9.17) is 16.3 Å². The van der Waals surface area contributed by atoms with E-state index in [1.54, 1.807) is 29.5 Å². The van der Waals surface area contributed by atoms with Gasteiger partial charge in [-0.15, -0.1) is 23.1 Å². The standard InChI is InChI=1S/C21H22ClN3O3S2/c1-2-28-19-13(22)7-5-8-14(19)23-17(26)11-29-10-16-24-20(27)18-12-6-3-4-9-15(12)30-21(18)25-16/h5,7-8H,2-4,6,9-11H2,1H3,(H,23,26)(H,24,25,27). The van der Waals surface area contributed by atoms with Crippen LogP contribution < -0.4 is 15.6 Å². The summed E-state index contributed by atoms with van der Waals surface area (Å²) >= 11 is 9.18. The first-order chi connectivity index (χ1) is 14.6. The Hall–Kier alpha value is -2.03. The minimum absolute atomic E-state index is 0.0697. The molecule has 0 radical (unpaired) electrons. The molecule has 2 aromatic heterocycles. The number of fused-ring (bicyclic) bond motifs is 3. The van der Waals surface area contributed by atoms with Crippen molar-refractivity contribution in [3.05, 3.63) is 49.8 Å². The summed E-state index contributed by atoms with van der Waals surface area (Å²) in [6, 6.07) is 5.24. The fourth-order valence-electron chi connectivity index (χ4n) is 3.60. The number of hydrogen-bond acceptors (Lipinski definition) is 6. The average Bonchev–Trinajstić information content (AvgIpc) is 3.09. The second kappa shape index (κ2) is 9.41. The molecule has 1 amide bonds. The van der Waals surface area contributed by atoms with Crippen LogP contribution in [0, 0.1) is 0 Å². The first kappa shape index (κ1) is 21.2. The summed E-state index contributed by atoms with van der Waals surface area (Å²) in [5.74, 6) is 1.58. The first-order valence-electron chi connectivity index (χ1n) is 9.89. The van der Waals surface area contributed by atoms with Gasteiger partial charge in [0.05, 0.1) is 34.2 Å². The molecule has 0 saturated carbocycles. The summed E-state index contributed by atoms with van der Waals surface area (Å²) in [5, 5.41) is 4.05. The number of amides is 1. The van der Waals surface area contributed by atoms with Crippen LogP contribution in [-0.2, 0) is 23.4 Å². The summed E-state index contributed by atoms with van der Waals surface area (Å²) in [6.07, 6.45) is 4.30. The average molecular weight is 464 g/mol. The topological polar surface area (TPSA) is 84.1 Å². The largest absolute Gasteiger partial charge is 0.490 e. The van der Waals surface area contributed by atoms with E-state index in [-0.39, 0.29) is 17.2 Å². The highest BCUT2D eigenvalue weighted by atomic mass is 35.5. The van der Waals surface area contributed by atoms with E-state index >= 15 is 0 Å². The van der Waals surface area contributed by atoms with Crippen LogP contribution in [0.5, 0.6) is 5.75 Å². The summed E-state index contributed by atoms with van der Waals surface area (Å²) in [6.45, 7) is 2.31. The molecule has 3 aromatic rings.